The summed E-state index contributed by atoms with van der Waals surface area (Å²) in [6.45, 7) is 4.36. The molecule has 590 valence electrons. The number of phosphoric acid groups is 2. The molecule has 0 saturated heterocycles. The van der Waals surface area contributed by atoms with Gasteiger partial charge in [-0.2, -0.15) is 0 Å². The lowest BCUT2D eigenvalue weighted by Crippen LogP contribution is -2.30. The normalized spacial score (nSPS) is 14.8. The maximum Gasteiger partial charge on any atom is 0.472 e. The van der Waals surface area contributed by atoms with Crippen LogP contribution < -0.4 is 0 Å². The van der Waals surface area contributed by atoms with Crippen molar-refractivity contribution in [3.63, 3.8) is 0 Å². The number of hydrogen-bond acceptors (Lipinski definition) is 15. The molecular formula is C85H138O17P2. The van der Waals surface area contributed by atoms with Crippen LogP contribution in [0.3, 0.4) is 0 Å². The predicted octanol–water partition coefficient (Wildman–Crippen LogP) is 23.0. The monoisotopic (exact) mass is 1490 g/mol. The van der Waals surface area contributed by atoms with Crippen molar-refractivity contribution < 1.29 is 80.2 Å². The number of hydrogen-bond donors (Lipinski definition) is 3. The number of carbonyl (C=O) groups is 4. The Balaban J connectivity index is 5.49. The van der Waals surface area contributed by atoms with Crippen LogP contribution in [0.25, 0.3) is 0 Å². The lowest BCUT2D eigenvalue weighted by molar-refractivity contribution is -0.161. The van der Waals surface area contributed by atoms with E-state index in [1.54, 1.807) is 0 Å². The minimum Gasteiger partial charge on any atom is -0.462 e. The Kier molecular flexibility index (Phi) is 71.6. The molecule has 5 atom stereocenters. The highest BCUT2D eigenvalue weighted by atomic mass is 31.2. The Morgan fingerprint density at radius 3 is 0.846 bits per heavy atom. The minimum atomic E-state index is -5.01. The van der Waals surface area contributed by atoms with Gasteiger partial charge in [0.25, 0.3) is 0 Å². The third kappa shape index (κ3) is 74.7. The fourth-order valence-electron chi connectivity index (χ4n) is 9.82. The molecule has 0 saturated carbocycles. The number of esters is 4. The second-order valence-corrected chi connectivity index (χ2v) is 28.4. The second-order valence-electron chi connectivity index (χ2n) is 25.5. The van der Waals surface area contributed by atoms with Crippen LogP contribution in [0.15, 0.2) is 170 Å². The van der Waals surface area contributed by atoms with E-state index in [0.717, 1.165) is 148 Å². The number of carbonyl (C=O) groups excluding carboxylic acids is 4. The number of rotatable bonds is 72. The molecule has 0 fully saturated rings. The summed E-state index contributed by atoms with van der Waals surface area (Å²) in [5, 5.41) is 10.6. The molecule has 104 heavy (non-hydrogen) atoms. The number of ether oxygens (including phenoxy) is 4. The van der Waals surface area contributed by atoms with E-state index >= 15 is 0 Å². The van der Waals surface area contributed by atoms with E-state index in [1.165, 1.54) is 51.4 Å². The molecule has 0 rings (SSSR count). The van der Waals surface area contributed by atoms with Crippen LogP contribution in [0.5, 0.6) is 0 Å². The van der Waals surface area contributed by atoms with Gasteiger partial charge in [0.2, 0.25) is 0 Å². The van der Waals surface area contributed by atoms with E-state index in [4.69, 9.17) is 37.0 Å². The van der Waals surface area contributed by atoms with Crippen molar-refractivity contribution >= 4 is 39.5 Å². The van der Waals surface area contributed by atoms with Gasteiger partial charge in [0, 0.05) is 25.7 Å². The molecule has 0 aliphatic rings. The van der Waals surface area contributed by atoms with E-state index in [0.29, 0.717) is 32.1 Å². The molecule has 0 aliphatic heterocycles. The van der Waals surface area contributed by atoms with Crippen LogP contribution in [0.2, 0.25) is 0 Å². The molecule has 0 aromatic carbocycles. The Morgan fingerprint density at radius 1 is 0.279 bits per heavy atom. The molecule has 17 nitrogen and oxygen atoms in total. The van der Waals surface area contributed by atoms with Gasteiger partial charge in [-0.3, -0.25) is 37.3 Å². The molecule has 0 radical (unpaired) electrons. The summed E-state index contributed by atoms with van der Waals surface area (Å²) in [6, 6.07) is 0. The van der Waals surface area contributed by atoms with E-state index in [2.05, 4.69) is 180 Å². The Hall–Kier alpha value is -5.58. The lowest BCUT2D eigenvalue weighted by Gasteiger charge is -2.21. The van der Waals surface area contributed by atoms with E-state index in [-0.39, 0.29) is 25.7 Å². The van der Waals surface area contributed by atoms with Gasteiger partial charge in [-0.15, -0.1) is 0 Å². The predicted molar refractivity (Wildman–Crippen MR) is 426 cm³/mol. The maximum atomic E-state index is 13.1. The highest BCUT2D eigenvalue weighted by Crippen LogP contribution is 2.45. The molecule has 0 aromatic rings. The summed E-state index contributed by atoms with van der Waals surface area (Å²) in [5.41, 5.74) is 0. The van der Waals surface area contributed by atoms with Gasteiger partial charge in [-0.1, -0.05) is 288 Å². The molecule has 5 unspecified atom stereocenters. The van der Waals surface area contributed by atoms with Crippen molar-refractivity contribution in [3.8, 4) is 0 Å². The van der Waals surface area contributed by atoms with E-state index in [1.807, 2.05) is 18.2 Å². The van der Waals surface area contributed by atoms with Crippen molar-refractivity contribution in [2.24, 2.45) is 0 Å². The van der Waals surface area contributed by atoms with Gasteiger partial charge >= 0.3 is 39.5 Å². The van der Waals surface area contributed by atoms with Gasteiger partial charge in [0.15, 0.2) is 12.2 Å². The summed E-state index contributed by atoms with van der Waals surface area (Å²) in [5.74, 6) is -2.36. The fraction of sp³-hybridized carbons (Fsp3) is 0.624. The number of phosphoric ester groups is 2. The first-order valence-electron chi connectivity index (χ1n) is 39.4. The van der Waals surface area contributed by atoms with Gasteiger partial charge < -0.3 is 33.8 Å². The molecule has 0 heterocycles. The second kappa shape index (κ2) is 75.6. The van der Waals surface area contributed by atoms with Gasteiger partial charge in [0.05, 0.1) is 26.4 Å². The molecule has 0 aliphatic carbocycles. The topological polar surface area (TPSA) is 237 Å². The summed E-state index contributed by atoms with van der Waals surface area (Å²) in [4.78, 5) is 72.9. The van der Waals surface area contributed by atoms with Crippen LogP contribution in [0, 0.1) is 0 Å². The third-order valence-corrected chi connectivity index (χ3v) is 17.6. The van der Waals surface area contributed by atoms with Crippen molar-refractivity contribution in [1.29, 1.82) is 0 Å². The number of allylic oxidation sites excluding steroid dienone is 28. The maximum absolute atomic E-state index is 13.1. The molecule has 0 amide bonds. The average molecular weight is 1490 g/mol. The summed E-state index contributed by atoms with van der Waals surface area (Å²) < 4.78 is 68.4. The fourth-order valence-corrected chi connectivity index (χ4v) is 11.4. The van der Waals surface area contributed by atoms with Gasteiger partial charge in [-0.25, -0.2) is 9.13 Å². The molecule has 3 N–H and O–H groups in total. The van der Waals surface area contributed by atoms with Crippen molar-refractivity contribution in [3.05, 3.63) is 170 Å². The number of unbranched alkanes of at least 4 members (excludes halogenated alkanes) is 18. The molecule has 19 heteroatoms. The number of aliphatic hydroxyl groups excluding tert-OH is 1. The van der Waals surface area contributed by atoms with Crippen molar-refractivity contribution in [1.82, 2.24) is 0 Å². The molecular weight excluding hydrogens is 1350 g/mol. The van der Waals surface area contributed by atoms with Crippen molar-refractivity contribution in [2.75, 3.05) is 39.6 Å². The SMILES string of the molecule is CC/C=C\C/C=C\C/C=C\C/C=C\C/C=C\C/C=C\CCC(=O)OCC(COP(=O)(O)OCC(O)COP(=O)(O)OCC(COC(=O)CCCC/C=C\C/C=C\C/C=C\C/C=C\CC)OC(=O)CCCCCCCCCCCCCCC)OC(=O)CCCCCC/C=C\C/C=C\C/C=C\C/C=C\CC. The highest BCUT2D eigenvalue weighted by molar-refractivity contribution is 7.47. The zero-order chi connectivity index (χ0) is 76.0. The van der Waals surface area contributed by atoms with Crippen LogP contribution in [0.1, 0.15) is 285 Å². The molecule has 0 bridgehead atoms. The standard InChI is InChI=1S/C85H138O17P2/c1-5-9-13-17-21-25-29-33-36-38-39-41-43-47-50-54-58-62-66-70-83(88)96-76-81(102-85(90)72-68-64-60-56-52-48-44-40-37-34-30-26-22-18-14-10-6-2)78-100-104(93,94)98-74-79(86)73-97-103(91,92)99-77-80(101-84(89)71-67-63-59-55-51-45-32-28-24-20-16-12-8-4)75-95-82(87)69-65-61-57-53-49-46-42-35-31-27-23-19-15-11-7-3/h9-11,13-15,21-23,25-27,33-37,39,41-42,44,47-50,53,58,62,79-81,86H,5-8,12,16-20,24,28-32,38,40,43,45-46,51-52,54-57,59-61,63-78H2,1-4H3,(H,91,92)(H,93,94)/b13-9-,14-10-,15-11-,25-21-,26-22-,27-23-,36-33-,37-34-,41-39-,42-35-,48-44-,50-47-,53-49-,62-58-. The van der Waals surface area contributed by atoms with Crippen LogP contribution in [0.4, 0.5) is 0 Å². The van der Waals surface area contributed by atoms with Crippen molar-refractivity contribution in [2.45, 2.75) is 303 Å². The summed E-state index contributed by atoms with van der Waals surface area (Å²) >= 11 is 0. The Labute approximate surface area is 629 Å². The van der Waals surface area contributed by atoms with Crippen LogP contribution >= 0.6 is 15.6 Å². The Bertz CT molecular complexity index is 2640. The zero-order valence-corrected chi connectivity index (χ0v) is 66.2. The first-order valence-corrected chi connectivity index (χ1v) is 42.4. The smallest absolute Gasteiger partial charge is 0.462 e. The lowest BCUT2D eigenvalue weighted by atomic mass is 10.0. The quantitative estimate of drug-likeness (QED) is 0.0169. The van der Waals surface area contributed by atoms with E-state index in [9.17, 15) is 43.2 Å². The van der Waals surface area contributed by atoms with Crippen LogP contribution in [-0.2, 0) is 65.4 Å². The molecule has 0 spiro atoms. The average Bonchev–Trinajstić information content (AvgIpc) is 0.911. The summed E-state index contributed by atoms with van der Waals surface area (Å²) in [7, 11) is -10.0. The first kappa shape index (κ1) is 98.4. The highest BCUT2D eigenvalue weighted by Gasteiger charge is 2.30. The summed E-state index contributed by atoms with van der Waals surface area (Å²) in [6.07, 6.45) is 89.3. The first-order chi connectivity index (χ1) is 50.7. The van der Waals surface area contributed by atoms with Gasteiger partial charge in [-0.05, 0) is 141 Å². The van der Waals surface area contributed by atoms with Crippen LogP contribution in [-0.4, -0.2) is 96.7 Å². The Morgan fingerprint density at radius 2 is 0.519 bits per heavy atom. The minimum absolute atomic E-state index is 0.0238. The zero-order valence-electron chi connectivity index (χ0n) is 64.4. The largest absolute Gasteiger partial charge is 0.472 e. The number of aliphatic hydroxyl groups is 1. The third-order valence-electron chi connectivity index (χ3n) is 15.7. The molecule has 0 aromatic heterocycles. The van der Waals surface area contributed by atoms with Gasteiger partial charge in [0.1, 0.15) is 19.3 Å². The van der Waals surface area contributed by atoms with E-state index < -0.39 is 97.5 Å².